The van der Waals surface area contributed by atoms with Gasteiger partial charge in [0, 0.05) is 31.7 Å². The molecule has 5 heteroatoms. The molecule has 1 saturated heterocycles. The van der Waals surface area contributed by atoms with Crippen molar-refractivity contribution in [1.82, 2.24) is 15.5 Å². The van der Waals surface area contributed by atoms with Gasteiger partial charge in [0.25, 0.3) is 0 Å². The van der Waals surface area contributed by atoms with Crippen LogP contribution in [0.25, 0.3) is 0 Å². The number of alkyl carbamates (subject to hydrolysis) is 1. The van der Waals surface area contributed by atoms with E-state index in [-0.39, 0.29) is 6.09 Å². The predicted octanol–water partition coefficient (Wildman–Crippen LogP) is 1.19. The van der Waals surface area contributed by atoms with Crippen LogP contribution in [-0.4, -0.2) is 55.4 Å². The summed E-state index contributed by atoms with van der Waals surface area (Å²) in [7, 11) is 2.14. The lowest BCUT2D eigenvalue weighted by Gasteiger charge is -2.20. The third-order valence-electron chi connectivity index (χ3n) is 3.11. The van der Waals surface area contributed by atoms with E-state index in [1.54, 1.807) is 0 Å². The van der Waals surface area contributed by atoms with Crippen molar-refractivity contribution in [3.8, 4) is 0 Å². The second-order valence-corrected chi connectivity index (χ2v) is 6.10. The summed E-state index contributed by atoms with van der Waals surface area (Å²) in [5, 5.41) is 6.20. The molecule has 2 atom stereocenters. The number of carbonyl (C=O) groups excluding carboxylic acids is 1. The Labute approximate surface area is 110 Å². The van der Waals surface area contributed by atoms with Gasteiger partial charge in [-0.25, -0.2) is 4.79 Å². The van der Waals surface area contributed by atoms with Gasteiger partial charge in [-0.05, 0) is 41.2 Å². The van der Waals surface area contributed by atoms with Crippen molar-refractivity contribution in [2.75, 3.05) is 26.7 Å². The molecular formula is C13H27N3O2. The summed E-state index contributed by atoms with van der Waals surface area (Å²) in [6.45, 7) is 10.3. The van der Waals surface area contributed by atoms with E-state index in [1.807, 2.05) is 20.8 Å². The second kappa shape index (κ2) is 6.38. The van der Waals surface area contributed by atoms with Gasteiger partial charge >= 0.3 is 6.09 Å². The molecule has 1 fully saturated rings. The third kappa shape index (κ3) is 5.69. The van der Waals surface area contributed by atoms with Crippen molar-refractivity contribution in [3.63, 3.8) is 0 Å². The Bertz CT molecular complexity index is 266. The average molecular weight is 257 g/mol. The molecular weight excluding hydrogens is 230 g/mol. The van der Waals surface area contributed by atoms with Crippen molar-refractivity contribution in [2.24, 2.45) is 0 Å². The van der Waals surface area contributed by atoms with Crippen LogP contribution in [0.3, 0.4) is 0 Å². The topological polar surface area (TPSA) is 53.6 Å². The fraction of sp³-hybridized carbons (Fsp3) is 0.923. The van der Waals surface area contributed by atoms with E-state index in [4.69, 9.17) is 4.74 Å². The Kier molecular flexibility index (Phi) is 5.41. The monoisotopic (exact) mass is 257 g/mol. The van der Waals surface area contributed by atoms with Crippen LogP contribution >= 0.6 is 0 Å². The van der Waals surface area contributed by atoms with Crippen LogP contribution in [0.1, 0.15) is 34.1 Å². The molecule has 1 heterocycles. The van der Waals surface area contributed by atoms with Crippen LogP contribution in [0.5, 0.6) is 0 Å². The van der Waals surface area contributed by atoms with Crippen LogP contribution in [0.2, 0.25) is 0 Å². The van der Waals surface area contributed by atoms with Gasteiger partial charge < -0.3 is 20.3 Å². The lowest BCUT2D eigenvalue weighted by molar-refractivity contribution is 0.0528. The molecule has 0 radical (unpaired) electrons. The summed E-state index contributed by atoms with van der Waals surface area (Å²) in [5.41, 5.74) is -0.429. The maximum Gasteiger partial charge on any atom is 0.407 e. The zero-order valence-electron chi connectivity index (χ0n) is 12.2. The number of likely N-dealkylation sites (N-methyl/N-ethyl adjacent to an activating group) is 1. The van der Waals surface area contributed by atoms with Gasteiger partial charge in [-0.15, -0.1) is 0 Å². The van der Waals surface area contributed by atoms with E-state index in [2.05, 4.69) is 29.5 Å². The number of hydrogen-bond acceptors (Lipinski definition) is 4. The van der Waals surface area contributed by atoms with Gasteiger partial charge in [-0.1, -0.05) is 0 Å². The molecule has 0 aromatic carbocycles. The zero-order valence-corrected chi connectivity index (χ0v) is 12.2. The van der Waals surface area contributed by atoms with Gasteiger partial charge in [-0.2, -0.15) is 0 Å². The molecule has 2 unspecified atom stereocenters. The fourth-order valence-corrected chi connectivity index (χ4v) is 2.10. The molecule has 1 amide bonds. The van der Waals surface area contributed by atoms with Crippen LogP contribution in [0.15, 0.2) is 0 Å². The number of amides is 1. The summed E-state index contributed by atoms with van der Waals surface area (Å²) in [5.74, 6) is 0. The number of hydrogen-bond donors (Lipinski definition) is 2. The number of nitrogens with zero attached hydrogens (tertiary/aromatic N) is 1. The zero-order chi connectivity index (χ0) is 13.8. The maximum atomic E-state index is 11.4. The Morgan fingerprint density at radius 2 is 2.06 bits per heavy atom. The van der Waals surface area contributed by atoms with Crippen LogP contribution in [-0.2, 0) is 4.74 Å². The van der Waals surface area contributed by atoms with E-state index < -0.39 is 5.60 Å². The van der Waals surface area contributed by atoms with E-state index >= 15 is 0 Å². The van der Waals surface area contributed by atoms with Gasteiger partial charge in [0.1, 0.15) is 5.60 Å². The fourth-order valence-electron chi connectivity index (χ4n) is 2.10. The van der Waals surface area contributed by atoms with Crippen molar-refractivity contribution >= 4 is 6.09 Å². The van der Waals surface area contributed by atoms with E-state index in [0.29, 0.717) is 18.6 Å². The summed E-state index contributed by atoms with van der Waals surface area (Å²) in [6.07, 6.45) is 0.823. The number of likely N-dealkylation sites (tertiary alicyclic amines) is 1. The predicted molar refractivity (Wildman–Crippen MR) is 72.7 cm³/mol. The molecule has 2 N–H and O–H groups in total. The number of carbonyl (C=O) groups is 1. The lowest BCUT2D eigenvalue weighted by Crippen LogP contribution is -2.40. The summed E-state index contributed by atoms with van der Waals surface area (Å²) in [6, 6.07) is 1.17. The first-order chi connectivity index (χ1) is 8.28. The highest BCUT2D eigenvalue weighted by Crippen LogP contribution is 2.14. The molecule has 1 aliphatic heterocycles. The van der Waals surface area contributed by atoms with Gasteiger partial charge in [0.15, 0.2) is 0 Å². The first-order valence-electron chi connectivity index (χ1n) is 6.68. The van der Waals surface area contributed by atoms with E-state index in [9.17, 15) is 4.79 Å². The van der Waals surface area contributed by atoms with Crippen molar-refractivity contribution < 1.29 is 9.53 Å². The normalized spacial score (nSPS) is 25.2. The minimum atomic E-state index is -0.429. The Morgan fingerprint density at radius 1 is 1.39 bits per heavy atom. The third-order valence-corrected chi connectivity index (χ3v) is 3.11. The number of nitrogens with one attached hydrogen (secondary N) is 2. The van der Waals surface area contributed by atoms with Crippen LogP contribution < -0.4 is 10.6 Å². The van der Waals surface area contributed by atoms with Gasteiger partial charge in [0.2, 0.25) is 0 Å². The lowest BCUT2D eigenvalue weighted by atomic mass is 10.2. The van der Waals surface area contributed by atoms with Crippen molar-refractivity contribution in [1.29, 1.82) is 0 Å². The summed E-state index contributed by atoms with van der Waals surface area (Å²) < 4.78 is 5.16. The molecule has 1 rings (SSSR count). The van der Waals surface area contributed by atoms with E-state index in [1.165, 1.54) is 6.42 Å². The molecule has 0 spiro atoms. The molecule has 0 aromatic heterocycles. The minimum Gasteiger partial charge on any atom is -0.444 e. The SMILES string of the molecule is CC1CC(NCCNC(=O)OC(C)(C)C)CN1C. The number of rotatable bonds is 4. The Balaban J connectivity index is 2.07. The first kappa shape index (κ1) is 15.2. The molecule has 5 nitrogen and oxygen atoms in total. The Morgan fingerprint density at radius 3 is 2.56 bits per heavy atom. The molecule has 0 bridgehead atoms. The van der Waals surface area contributed by atoms with Crippen LogP contribution in [0.4, 0.5) is 4.79 Å². The molecule has 18 heavy (non-hydrogen) atoms. The standard InChI is InChI=1S/C13H27N3O2/c1-10-8-11(9-16(10)5)14-6-7-15-12(17)18-13(2,3)4/h10-11,14H,6-9H2,1-5H3,(H,15,17). The smallest absolute Gasteiger partial charge is 0.407 e. The van der Waals surface area contributed by atoms with Gasteiger partial charge in [0.05, 0.1) is 0 Å². The quantitative estimate of drug-likeness (QED) is 0.743. The minimum absolute atomic E-state index is 0.346. The highest BCUT2D eigenvalue weighted by atomic mass is 16.6. The molecule has 1 aliphatic rings. The second-order valence-electron chi connectivity index (χ2n) is 6.10. The van der Waals surface area contributed by atoms with Crippen LogP contribution in [0, 0.1) is 0 Å². The van der Waals surface area contributed by atoms with Gasteiger partial charge in [-0.3, -0.25) is 0 Å². The largest absolute Gasteiger partial charge is 0.444 e. The summed E-state index contributed by atoms with van der Waals surface area (Å²) >= 11 is 0. The highest BCUT2D eigenvalue weighted by Gasteiger charge is 2.25. The first-order valence-corrected chi connectivity index (χ1v) is 6.68. The highest BCUT2D eigenvalue weighted by molar-refractivity contribution is 5.67. The summed E-state index contributed by atoms with van der Waals surface area (Å²) in [4.78, 5) is 13.7. The van der Waals surface area contributed by atoms with Crippen molar-refractivity contribution in [3.05, 3.63) is 0 Å². The van der Waals surface area contributed by atoms with E-state index in [0.717, 1.165) is 13.1 Å². The molecule has 0 aliphatic carbocycles. The Hall–Kier alpha value is -0.810. The average Bonchev–Trinajstić information content (AvgIpc) is 2.51. The number of ether oxygens (including phenoxy) is 1. The maximum absolute atomic E-state index is 11.4. The van der Waals surface area contributed by atoms with Crippen molar-refractivity contribution in [2.45, 2.75) is 51.8 Å². The molecule has 106 valence electrons. The molecule has 0 saturated carbocycles. The molecule has 0 aromatic rings.